The van der Waals surface area contributed by atoms with Gasteiger partial charge in [0.1, 0.15) is 12.8 Å². The number of fused-ring (bicyclic) bond motifs is 1. The van der Waals surface area contributed by atoms with Crippen LogP contribution >= 0.6 is 7.60 Å². The molecule has 1 fully saturated rings. The molecule has 0 amide bonds. The fourth-order valence-electron chi connectivity index (χ4n) is 2.59. The van der Waals surface area contributed by atoms with Crippen molar-refractivity contribution < 1.29 is 27.5 Å². The minimum Gasteiger partial charge on any atom is -0.476 e. The summed E-state index contributed by atoms with van der Waals surface area (Å²) in [6.45, 7) is 4.91. The van der Waals surface area contributed by atoms with E-state index in [0.717, 1.165) is 0 Å². The average molecular weight is 403 g/mol. The van der Waals surface area contributed by atoms with Gasteiger partial charge in [-0.3, -0.25) is 9.13 Å². The van der Waals surface area contributed by atoms with Crippen molar-refractivity contribution in [2.75, 3.05) is 32.2 Å². The third-order valence-corrected chi connectivity index (χ3v) is 6.28. The van der Waals surface area contributed by atoms with E-state index in [0.29, 0.717) is 17.8 Å². The van der Waals surface area contributed by atoms with E-state index in [4.69, 9.17) is 24.3 Å². The smallest absolute Gasteiger partial charge is 0.333 e. The van der Waals surface area contributed by atoms with Gasteiger partial charge in [0, 0.05) is 0 Å². The maximum absolute atomic E-state index is 13.7. The molecule has 2 N–H and O–H groups in total. The van der Waals surface area contributed by atoms with Crippen LogP contribution in [0.15, 0.2) is 6.33 Å². The summed E-state index contributed by atoms with van der Waals surface area (Å²) in [6.07, 6.45) is -0.239. The van der Waals surface area contributed by atoms with Gasteiger partial charge in [-0.05, 0) is 6.92 Å². The molecule has 1 saturated heterocycles. The van der Waals surface area contributed by atoms with Crippen LogP contribution in [0.25, 0.3) is 11.2 Å². The molecule has 0 aromatic carbocycles. The van der Waals surface area contributed by atoms with Crippen molar-refractivity contribution in [2.24, 2.45) is 0 Å². The predicted molar refractivity (Wildman–Crippen MR) is 95.4 cm³/mol. The van der Waals surface area contributed by atoms with Crippen LogP contribution in [0, 0.1) is 0 Å². The molecule has 0 unspecified atom stereocenters. The summed E-state index contributed by atoms with van der Waals surface area (Å²) in [5.74, 6) is 0.200. The van der Waals surface area contributed by atoms with E-state index in [-0.39, 0.29) is 30.7 Å². The highest BCUT2D eigenvalue weighted by Gasteiger charge is 2.37. The Bertz CT molecular complexity index is 835. The molecule has 0 aliphatic carbocycles. The molecule has 12 heteroatoms. The molecule has 10 nitrogen and oxygen atoms in total. The van der Waals surface area contributed by atoms with Gasteiger partial charge in [-0.15, -0.1) is 0 Å². The molecular weight excluding hydrogens is 380 g/mol. The monoisotopic (exact) mass is 403 g/mol. The van der Waals surface area contributed by atoms with Gasteiger partial charge in [-0.2, -0.15) is 9.97 Å². The van der Waals surface area contributed by atoms with E-state index in [1.54, 1.807) is 20.8 Å². The molecule has 2 aromatic heterocycles. The van der Waals surface area contributed by atoms with Crippen LogP contribution in [-0.2, 0) is 18.3 Å². The lowest BCUT2D eigenvalue weighted by atomic mass is 10.4. The molecule has 1 atom stereocenters. The van der Waals surface area contributed by atoms with Crippen LogP contribution in [0.3, 0.4) is 0 Å². The van der Waals surface area contributed by atoms with E-state index < -0.39 is 26.6 Å². The van der Waals surface area contributed by atoms with E-state index >= 15 is 0 Å². The van der Waals surface area contributed by atoms with Crippen LogP contribution < -0.4 is 10.5 Å². The molecule has 0 radical (unpaired) electrons. The van der Waals surface area contributed by atoms with Crippen LogP contribution in [0.4, 0.5) is 10.3 Å². The average Bonchev–Trinajstić information content (AvgIpc) is 3.05. The van der Waals surface area contributed by atoms with Gasteiger partial charge < -0.3 is 24.3 Å². The van der Waals surface area contributed by atoms with Crippen LogP contribution in [0.1, 0.15) is 27.0 Å². The Morgan fingerprint density at radius 1 is 1.41 bits per heavy atom. The van der Waals surface area contributed by atoms with Gasteiger partial charge in [-0.1, -0.05) is 13.8 Å². The normalized spacial score (nSPS) is 24.4. The first-order valence-electron chi connectivity index (χ1n) is 8.61. The van der Waals surface area contributed by atoms with Crippen molar-refractivity contribution in [1.82, 2.24) is 19.5 Å². The molecule has 0 saturated carbocycles. The first-order valence-corrected chi connectivity index (χ1v) is 10.2. The molecule has 1 aliphatic rings. The van der Waals surface area contributed by atoms with E-state index in [2.05, 4.69) is 15.0 Å². The maximum Gasteiger partial charge on any atom is 0.333 e. The summed E-state index contributed by atoms with van der Waals surface area (Å²) in [5.41, 5.74) is 6.10. The minimum absolute atomic E-state index is 0.0208. The molecule has 1 aliphatic heterocycles. The number of nitrogen functional groups attached to an aromatic ring is 1. The fourth-order valence-corrected chi connectivity index (χ4v) is 4.01. The highest BCUT2D eigenvalue weighted by molar-refractivity contribution is 7.54. The molecule has 0 spiro atoms. The molecule has 0 bridgehead atoms. The zero-order chi connectivity index (χ0) is 19.6. The van der Waals surface area contributed by atoms with Gasteiger partial charge >= 0.3 is 7.60 Å². The maximum atomic E-state index is 13.7. The van der Waals surface area contributed by atoms with Gasteiger partial charge in [0.05, 0.1) is 31.8 Å². The van der Waals surface area contributed by atoms with Gasteiger partial charge in [-0.25, -0.2) is 9.37 Å². The highest BCUT2D eigenvalue weighted by atomic mass is 31.2. The number of ether oxygens (including phenoxy) is 2. The topological polar surface area (TPSA) is 124 Å². The lowest BCUT2D eigenvalue weighted by Gasteiger charge is -2.32. The summed E-state index contributed by atoms with van der Waals surface area (Å²) in [7, 11) is -3.14. The Labute approximate surface area is 155 Å². The number of nitrogens with two attached hydrogens (primary N) is 1. The number of imidazole rings is 1. The van der Waals surface area contributed by atoms with Crippen molar-refractivity contribution in [2.45, 2.75) is 38.8 Å². The van der Waals surface area contributed by atoms with Crippen molar-refractivity contribution in [3.8, 4) is 5.88 Å². The van der Waals surface area contributed by atoms with Crippen LogP contribution in [0.2, 0.25) is 0 Å². The largest absolute Gasteiger partial charge is 0.476 e. The van der Waals surface area contributed by atoms with E-state index in [1.807, 2.05) is 0 Å². The summed E-state index contributed by atoms with van der Waals surface area (Å²) < 4.78 is 49.3. The number of hydrogen-bond acceptors (Lipinski definition) is 9. The summed E-state index contributed by atoms with van der Waals surface area (Å²) in [6, 6.07) is 0. The standard InChI is InChI=1S/C15H23FN5O5P/c1-4-23-14-12-13(19-15(17)20-14)21(8-18-12)11(5-16)26-10-6-24-27(22,9(2)3)25-7-10/h8-11H,4-7H2,1-3H3,(H2,17,19,20)/t10?,11-,27?/m1/s1. The molecule has 2 aromatic rings. The molecule has 3 heterocycles. The number of alkyl halides is 1. The first kappa shape index (κ1) is 19.9. The quantitative estimate of drug-likeness (QED) is 0.694. The van der Waals surface area contributed by atoms with E-state index in [1.165, 1.54) is 10.9 Å². The molecular formula is C15H23FN5O5P. The minimum atomic E-state index is -3.14. The Morgan fingerprint density at radius 3 is 2.70 bits per heavy atom. The van der Waals surface area contributed by atoms with Gasteiger partial charge in [0.2, 0.25) is 11.8 Å². The number of nitrogens with zero attached hydrogens (tertiary/aromatic N) is 4. The third kappa shape index (κ3) is 4.06. The fraction of sp³-hybridized carbons (Fsp3) is 0.667. The summed E-state index contributed by atoms with van der Waals surface area (Å²) in [5, 5.41) is 0. The number of aromatic nitrogens is 4. The van der Waals surface area contributed by atoms with E-state index in [9.17, 15) is 8.96 Å². The van der Waals surface area contributed by atoms with Gasteiger partial charge in [0.25, 0.3) is 0 Å². The Balaban J connectivity index is 1.80. The first-order chi connectivity index (χ1) is 12.9. The van der Waals surface area contributed by atoms with Crippen LogP contribution in [-0.4, -0.2) is 57.8 Å². The van der Waals surface area contributed by atoms with Crippen molar-refractivity contribution in [3.05, 3.63) is 6.33 Å². The molecule has 150 valence electrons. The number of halogens is 1. The zero-order valence-electron chi connectivity index (χ0n) is 15.4. The number of hydrogen-bond donors (Lipinski definition) is 1. The van der Waals surface area contributed by atoms with Crippen molar-refractivity contribution in [1.29, 1.82) is 0 Å². The third-order valence-electron chi connectivity index (χ3n) is 3.99. The second-order valence-corrected chi connectivity index (χ2v) is 8.87. The summed E-state index contributed by atoms with van der Waals surface area (Å²) in [4.78, 5) is 12.3. The summed E-state index contributed by atoms with van der Waals surface area (Å²) >= 11 is 0. The SMILES string of the molecule is CCOc1nc(N)nc2c1ncn2[C@@H](CF)OC1COP(=O)(C(C)C)OC1. The Kier molecular flexibility index (Phi) is 5.95. The number of anilines is 1. The second-order valence-electron chi connectivity index (χ2n) is 6.24. The molecule has 27 heavy (non-hydrogen) atoms. The highest BCUT2D eigenvalue weighted by Crippen LogP contribution is 2.55. The van der Waals surface area contributed by atoms with Crippen molar-refractivity contribution in [3.63, 3.8) is 0 Å². The lowest BCUT2D eigenvalue weighted by Crippen LogP contribution is -2.34. The molecule has 3 rings (SSSR count). The Morgan fingerprint density at radius 2 is 2.11 bits per heavy atom. The zero-order valence-corrected chi connectivity index (χ0v) is 16.3. The second kappa shape index (κ2) is 8.05. The van der Waals surface area contributed by atoms with Crippen molar-refractivity contribution >= 4 is 24.7 Å². The predicted octanol–water partition coefficient (Wildman–Crippen LogP) is 2.31. The lowest BCUT2D eigenvalue weighted by molar-refractivity contribution is -0.109. The van der Waals surface area contributed by atoms with Crippen LogP contribution in [0.5, 0.6) is 5.88 Å². The van der Waals surface area contributed by atoms with Gasteiger partial charge in [0.15, 0.2) is 17.4 Å². The Hall–Kier alpha value is -1.81. The number of rotatable bonds is 7.